The Labute approximate surface area is 139 Å². The largest absolute Gasteiger partial charge is 0.496 e. The molecule has 0 aliphatic carbocycles. The first-order valence-corrected chi connectivity index (χ1v) is 7.08. The van der Waals surface area contributed by atoms with Gasteiger partial charge in [0.2, 0.25) is 5.78 Å². The highest BCUT2D eigenvalue weighted by Crippen LogP contribution is 2.18. The Bertz CT molecular complexity index is 748. The number of esters is 2. The number of carbonyl (C=O) groups is 3. The Hall–Kier alpha value is -3.15. The minimum Gasteiger partial charge on any atom is -0.496 e. The van der Waals surface area contributed by atoms with Crippen molar-refractivity contribution in [3.63, 3.8) is 0 Å². The van der Waals surface area contributed by atoms with Crippen LogP contribution in [0.3, 0.4) is 0 Å². The second kappa shape index (κ2) is 7.92. The highest BCUT2D eigenvalue weighted by Gasteiger charge is 2.15. The molecule has 2 aromatic rings. The molecular formula is C18H16O6. The predicted molar refractivity (Wildman–Crippen MR) is 85.4 cm³/mol. The molecule has 2 aromatic carbocycles. The third-order valence-corrected chi connectivity index (χ3v) is 3.28. The van der Waals surface area contributed by atoms with Gasteiger partial charge in [0.1, 0.15) is 5.75 Å². The van der Waals surface area contributed by atoms with E-state index in [0.29, 0.717) is 16.9 Å². The number of methoxy groups -OCH3 is 2. The van der Waals surface area contributed by atoms with Crippen LogP contribution in [0.4, 0.5) is 0 Å². The number of hydrogen-bond donors (Lipinski definition) is 0. The molecule has 0 fully saturated rings. The maximum atomic E-state index is 12.1. The van der Waals surface area contributed by atoms with Gasteiger partial charge in [-0.3, -0.25) is 4.79 Å². The van der Waals surface area contributed by atoms with Crippen molar-refractivity contribution in [2.75, 3.05) is 20.8 Å². The molecule has 124 valence electrons. The summed E-state index contributed by atoms with van der Waals surface area (Å²) in [5.74, 6) is -1.11. The van der Waals surface area contributed by atoms with Gasteiger partial charge in [-0.2, -0.15) is 0 Å². The van der Waals surface area contributed by atoms with Crippen molar-refractivity contribution in [3.05, 3.63) is 65.2 Å². The number of hydrogen-bond acceptors (Lipinski definition) is 6. The third kappa shape index (κ3) is 3.98. The van der Waals surface area contributed by atoms with Crippen LogP contribution in [0, 0.1) is 0 Å². The van der Waals surface area contributed by atoms with E-state index in [-0.39, 0.29) is 11.3 Å². The predicted octanol–water partition coefficient (Wildman–Crippen LogP) is 2.52. The lowest BCUT2D eigenvalue weighted by Crippen LogP contribution is -2.15. The molecule has 0 saturated heterocycles. The standard InChI is InChI=1S/C18H16O6/c1-22-16-6-4-3-5-14(16)15(19)11-24-18(21)13-9-7-12(8-10-13)17(20)23-2/h3-10H,11H2,1-2H3. The van der Waals surface area contributed by atoms with Crippen LogP contribution in [-0.4, -0.2) is 38.5 Å². The molecular weight excluding hydrogens is 312 g/mol. The average molecular weight is 328 g/mol. The van der Waals surface area contributed by atoms with E-state index < -0.39 is 18.5 Å². The number of ether oxygens (including phenoxy) is 3. The monoisotopic (exact) mass is 328 g/mol. The summed E-state index contributed by atoms with van der Waals surface area (Å²) in [7, 11) is 2.73. The lowest BCUT2D eigenvalue weighted by molar-refractivity contribution is 0.0473. The van der Waals surface area contributed by atoms with E-state index in [9.17, 15) is 14.4 Å². The van der Waals surface area contributed by atoms with Gasteiger partial charge in [0, 0.05) is 0 Å². The molecule has 0 aromatic heterocycles. The first-order chi connectivity index (χ1) is 11.6. The molecule has 0 atom stereocenters. The van der Waals surface area contributed by atoms with Crippen molar-refractivity contribution in [3.8, 4) is 5.75 Å². The van der Waals surface area contributed by atoms with E-state index in [1.807, 2.05) is 0 Å². The van der Waals surface area contributed by atoms with Gasteiger partial charge >= 0.3 is 11.9 Å². The summed E-state index contributed by atoms with van der Waals surface area (Å²) >= 11 is 0. The smallest absolute Gasteiger partial charge is 0.338 e. The molecule has 0 spiro atoms. The second-order valence-corrected chi connectivity index (χ2v) is 4.77. The molecule has 24 heavy (non-hydrogen) atoms. The SMILES string of the molecule is COC(=O)c1ccc(C(=O)OCC(=O)c2ccccc2OC)cc1. The number of carbonyl (C=O) groups excluding carboxylic acids is 3. The van der Waals surface area contributed by atoms with E-state index in [1.165, 1.54) is 38.5 Å². The molecule has 0 saturated carbocycles. The molecule has 0 amide bonds. The van der Waals surface area contributed by atoms with Gasteiger partial charge in [0.15, 0.2) is 6.61 Å². The molecule has 0 aliphatic heterocycles. The summed E-state index contributed by atoms with van der Waals surface area (Å²) in [5.41, 5.74) is 0.892. The molecule has 2 rings (SSSR count). The third-order valence-electron chi connectivity index (χ3n) is 3.28. The van der Waals surface area contributed by atoms with Crippen LogP contribution in [0.15, 0.2) is 48.5 Å². The van der Waals surface area contributed by atoms with Gasteiger partial charge in [0.05, 0.1) is 30.9 Å². The van der Waals surface area contributed by atoms with E-state index in [1.54, 1.807) is 24.3 Å². The van der Waals surface area contributed by atoms with E-state index >= 15 is 0 Å². The topological polar surface area (TPSA) is 78.9 Å². The number of Topliss-reactive ketones (excluding diaryl/α,β-unsaturated/α-hetero) is 1. The Morgan fingerprint density at radius 3 is 2.00 bits per heavy atom. The van der Waals surface area contributed by atoms with Crippen LogP contribution in [0.5, 0.6) is 5.75 Å². The quantitative estimate of drug-likeness (QED) is 0.599. The fourth-order valence-corrected chi connectivity index (χ4v) is 2.03. The summed E-state index contributed by atoms with van der Waals surface area (Å²) in [5, 5.41) is 0. The van der Waals surface area contributed by atoms with Gasteiger partial charge in [0.25, 0.3) is 0 Å². The zero-order valence-corrected chi connectivity index (χ0v) is 13.3. The summed E-state index contributed by atoms with van der Waals surface area (Å²) in [4.78, 5) is 35.4. The van der Waals surface area contributed by atoms with Crippen LogP contribution in [-0.2, 0) is 9.47 Å². The lowest BCUT2D eigenvalue weighted by Gasteiger charge is -2.08. The van der Waals surface area contributed by atoms with Crippen molar-refractivity contribution < 1.29 is 28.6 Å². The zero-order chi connectivity index (χ0) is 17.5. The molecule has 0 N–H and O–H groups in total. The van der Waals surface area contributed by atoms with Crippen molar-refractivity contribution >= 4 is 17.7 Å². The first-order valence-electron chi connectivity index (χ1n) is 7.08. The minimum atomic E-state index is -0.658. The van der Waals surface area contributed by atoms with Gasteiger partial charge in [-0.25, -0.2) is 9.59 Å². The second-order valence-electron chi connectivity index (χ2n) is 4.77. The Balaban J connectivity index is 2.00. The van der Waals surface area contributed by atoms with Crippen LogP contribution in [0.2, 0.25) is 0 Å². The van der Waals surface area contributed by atoms with E-state index in [2.05, 4.69) is 4.74 Å². The Morgan fingerprint density at radius 1 is 0.833 bits per heavy atom. The molecule has 0 radical (unpaired) electrons. The molecule has 0 aliphatic rings. The summed E-state index contributed by atoms with van der Waals surface area (Å²) < 4.78 is 14.7. The van der Waals surface area contributed by atoms with Crippen LogP contribution in [0.25, 0.3) is 0 Å². The number of benzene rings is 2. The van der Waals surface area contributed by atoms with E-state index in [0.717, 1.165) is 0 Å². The molecule has 6 nitrogen and oxygen atoms in total. The Morgan fingerprint density at radius 2 is 1.42 bits per heavy atom. The fourth-order valence-electron chi connectivity index (χ4n) is 2.03. The molecule has 0 unspecified atom stereocenters. The Kier molecular flexibility index (Phi) is 5.68. The van der Waals surface area contributed by atoms with Gasteiger partial charge in [-0.15, -0.1) is 0 Å². The average Bonchev–Trinajstić information content (AvgIpc) is 2.65. The van der Waals surface area contributed by atoms with Crippen LogP contribution in [0.1, 0.15) is 31.1 Å². The van der Waals surface area contributed by atoms with Crippen molar-refractivity contribution in [2.45, 2.75) is 0 Å². The molecule has 0 bridgehead atoms. The number of ketones is 1. The van der Waals surface area contributed by atoms with E-state index in [4.69, 9.17) is 9.47 Å². The lowest BCUT2D eigenvalue weighted by atomic mass is 10.1. The maximum Gasteiger partial charge on any atom is 0.338 e. The highest BCUT2D eigenvalue weighted by atomic mass is 16.5. The number of rotatable bonds is 6. The summed E-state index contributed by atoms with van der Waals surface area (Å²) in [6.07, 6.45) is 0. The highest BCUT2D eigenvalue weighted by molar-refractivity contribution is 6.01. The normalized spacial score (nSPS) is 9.92. The minimum absolute atomic E-state index is 0.232. The van der Waals surface area contributed by atoms with Gasteiger partial charge in [-0.1, -0.05) is 12.1 Å². The first kappa shape index (κ1) is 17.2. The zero-order valence-electron chi connectivity index (χ0n) is 13.3. The maximum absolute atomic E-state index is 12.1. The molecule has 0 heterocycles. The summed E-state index contributed by atoms with van der Waals surface area (Å²) in [6.45, 7) is -0.405. The number of para-hydroxylation sites is 1. The van der Waals surface area contributed by atoms with Crippen molar-refractivity contribution in [1.29, 1.82) is 0 Å². The fraction of sp³-hybridized carbons (Fsp3) is 0.167. The summed E-state index contributed by atoms with van der Waals surface area (Å²) in [6, 6.07) is 12.5. The van der Waals surface area contributed by atoms with Crippen molar-refractivity contribution in [2.24, 2.45) is 0 Å². The molecule has 6 heteroatoms. The van der Waals surface area contributed by atoms with Crippen molar-refractivity contribution in [1.82, 2.24) is 0 Å². The van der Waals surface area contributed by atoms with Crippen LogP contribution < -0.4 is 4.74 Å². The van der Waals surface area contributed by atoms with Gasteiger partial charge in [-0.05, 0) is 36.4 Å². The van der Waals surface area contributed by atoms with Gasteiger partial charge < -0.3 is 14.2 Å². The van der Waals surface area contributed by atoms with Crippen LogP contribution >= 0.6 is 0 Å².